The van der Waals surface area contributed by atoms with Crippen molar-refractivity contribution in [2.45, 2.75) is 0 Å². The van der Waals surface area contributed by atoms with Crippen LogP contribution in [0.15, 0.2) is 138 Å². The molecule has 0 aliphatic heterocycles. The Bertz CT molecular complexity index is 2440. The predicted octanol–water partition coefficient (Wildman–Crippen LogP) is 10.2. The largest absolute Gasteiger partial charge is 0.435 e. The zero-order valence-corrected chi connectivity index (χ0v) is 24.1. The van der Waals surface area contributed by atoms with Crippen LogP contribution in [0.5, 0.6) is 0 Å². The van der Waals surface area contributed by atoms with E-state index in [2.05, 4.69) is 66.7 Å². The van der Waals surface area contributed by atoms with E-state index < -0.39 is 0 Å². The molecule has 0 N–H and O–H groups in total. The minimum Gasteiger partial charge on any atom is -0.435 e. The van der Waals surface area contributed by atoms with Crippen LogP contribution in [0, 0.1) is 0 Å². The molecule has 206 valence electrons. The van der Waals surface area contributed by atoms with Crippen LogP contribution in [0.1, 0.15) is 0 Å². The third-order valence-electron chi connectivity index (χ3n) is 7.94. The van der Waals surface area contributed by atoms with Gasteiger partial charge in [-0.05, 0) is 41.1 Å². The van der Waals surface area contributed by atoms with Gasteiger partial charge in [0.2, 0.25) is 5.89 Å². The normalized spacial score (nSPS) is 11.6. The fourth-order valence-electron chi connectivity index (χ4n) is 5.77. The molecule has 44 heavy (non-hydrogen) atoms. The molecule has 9 rings (SSSR count). The molecule has 0 aliphatic carbocycles. The smallest absolute Gasteiger partial charge is 0.227 e. The number of thiophene rings is 1. The van der Waals surface area contributed by atoms with Gasteiger partial charge in [0.1, 0.15) is 5.52 Å². The maximum atomic E-state index is 6.49. The van der Waals surface area contributed by atoms with Gasteiger partial charge in [0.15, 0.2) is 23.1 Å². The topological polar surface area (TPSA) is 64.7 Å². The monoisotopic (exact) mass is 582 g/mol. The van der Waals surface area contributed by atoms with E-state index in [1.807, 2.05) is 66.7 Å². The second-order valence-corrected chi connectivity index (χ2v) is 11.8. The fraction of sp³-hybridized carbons (Fsp3) is 0. The molecule has 0 fully saturated rings. The van der Waals surface area contributed by atoms with Crippen molar-refractivity contribution in [2.75, 3.05) is 0 Å². The van der Waals surface area contributed by atoms with Crippen molar-refractivity contribution < 1.29 is 4.42 Å². The second kappa shape index (κ2) is 9.93. The summed E-state index contributed by atoms with van der Waals surface area (Å²) < 4.78 is 8.77. The molecule has 0 amide bonds. The minimum atomic E-state index is 0.626. The third kappa shape index (κ3) is 4.15. The standard InChI is InChI=1S/C38H22N4OS/c1-3-10-24(11-4-1)35-40-36(25-12-5-2-6-13-25)42-37(41-35)27-17-18-29-32(22-27)44-31-20-19-30-34(33(29)31)43-38(39-30)28-16-15-23-9-7-8-14-26(23)21-28/h1-22H. The van der Waals surface area contributed by atoms with Crippen LogP contribution in [0.25, 0.3) is 87.7 Å². The number of rotatable bonds is 4. The molecule has 0 aliphatic rings. The number of fused-ring (bicyclic) bond motifs is 6. The van der Waals surface area contributed by atoms with Gasteiger partial charge in [-0.25, -0.2) is 19.9 Å². The number of hydrogen-bond acceptors (Lipinski definition) is 6. The molecule has 0 atom stereocenters. The lowest BCUT2D eigenvalue weighted by Gasteiger charge is -2.08. The molecule has 0 radical (unpaired) electrons. The minimum absolute atomic E-state index is 0.626. The van der Waals surface area contributed by atoms with E-state index in [-0.39, 0.29) is 0 Å². The van der Waals surface area contributed by atoms with Crippen LogP contribution in [-0.2, 0) is 0 Å². The Balaban J connectivity index is 1.18. The number of hydrogen-bond donors (Lipinski definition) is 0. The Hall–Kier alpha value is -5.72. The van der Waals surface area contributed by atoms with Crippen molar-refractivity contribution in [1.82, 2.24) is 19.9 Å². The first kappa shape index (κ1) is 24.8. The highest BCUT2D eigenvalue weighted by Crippen LogP contribution is 2.41. The van der Waals surface area contributed by atoms with E-state index in [1.54, 1.807) is 11.3 Å². The van der Waals surface area contributed by atoms with E-state index in [9.17, 15) is 0 Å². The third-order valence-corrected chi connectivity index (χ3v) is 9.06. The van der Waals surface area contributed by atoms with Gasteiger partial charge in [-0.2, -0.15) is 0 Å². The maximum Gasteiger partial charge on any atom is 0.227 e. The highest BCUT2D eigenvalue weighted by molar-refractivity contribution is 7.26. The van der Waals surface area contributed by atoms with Crippen LogP contribution in [0.2, 0.25) is 0 Å². The molecular formula is C38H22N4OS. The predicted molar refractivity (Wildman–Crippen MR) is 180 cm³/mol. The summed E-state index contributed by atoms with van der Waals surface area (Å²) in [7, 11) is 0. The van der Waals surface area contributed by atoms with Crippen LogP contribution in [-0.4, -0.2) is 19.9 Å². The summed E-state index contributed by atoms with van der Waals surface area (Å²) in [5, 5.41) is 4.56. The van der Waals surface area contributed by atoms with Crippen molar-refractivity contribution in [3.8, 4) is 45.6 Å². The molecule has 0 saturated carbocycles. The van der Waals surface area contributed by atoms with Crippen molar-refractivity contribution >= 4 is 53.4 Å². The molecule has 6 heteroatoms. The zero-order chi connectivity index (χ0) is 29.0. The van der Waals surface area contributed by atoms with Gasteiger partial charge >= 0.3 is 0 Å². The summed E-state index contributed by atoms with van der Waals surface area (Å²) >= 11 is 1.73. The van der Waals surface area contributed by atoms with Gasteiger partial charge < -0.3 is 4.42 Å². The lowest BCUT2D eigenvalue weighted by atomic mass is 10.1. The number of benzene rings is 6. The van der Waals surface area contributed by atoms with E-state index in [0.29, 0.717) is 23.4 Å². The Morgan fingerprint density at radius 1 is 0.455 bits per heavy atom. The summed E-state index contributed by atoms with van der Waals surface area (Å²) in [5.74, 6) is 2.56. The van der Waals surface area contributed by atoms with E-state index >= 15 is 0 Å². The second-order valence-electron chi connectivity index (χ2n) is 10.7. The first-order valence-corrected chi connectivity index (χ1v) is 15.2. The number of oxazole rings is 1. The molecule has 9 aromatic rings. The van der Waals surface area contributed by atoms with Crippen molar-refractivity contribution in [3.05, 3.63) is 133 Å². The summed E-state index contributed by atoms with van der Waals surface area (Å²) in [4.78, 5) is 19.6. The number of nitrogens with zero attached hydrogens (tertiary/aromatic N) is 4. The van der Waals surface area contributed by atoms with Gasteiger partial charge in [0.25, 0.3) is 0 Å². The summed E-state index contributed by atoms with van der Waals surface area (Å²) in [5.41, 5.74) is 5.46. The van der Waals surface area contributed by atoms with Crippen LogP contribution >= 0.6 is 11.3 Å². The molecule has 0 unspecified atom stereocenters. The first-order valence-electron chi connectivity index (χ1n) is 14.4. The van der Waals surface area contributed by atoms with E-state index in [4.69, 9.17) is 24.4 Å². The molecule has 0 spiro atoms. The Morgan fingerprint density at radius 3 is 1.82 bits per heavy atom. The first-order chi connectivity index (χ1) is 21.8. The van der Waals surface area contributed by atoms with Gasteiger partial charge in [0, 0.05) is 42.4 Å². The number of aromatic nitrogens is 4. The van der Waals surface area contributed by atoms with Crippen LogP contribution < -0.4 is 0 Å². The zero-order valence-electron chi connectivity index (χ0n) is 23.3. The highest BCUT2D eigenvalue weighted by atomic mass is 32.1. The molecule has 0 saturated heterocycles. The SMILES string of the molecule is c1ccc(-c2nc(-c3ccccc3)nc(-c3ccc4c(c3)sc3ccc5nc(-c6ccc7ccccc7c6)oc5c34)n2)cc1. The quantitative estimate of drug-likeness (QED) is 0.207. The summed E-state index contributed by atoms with van der Waals surface area (Å²) in [6.07, 6.45) is 0. The Kier molecular flexibility index (Phi) is 5.61. The fourth-order valence-corrected chi connectivity index (χ4v) is 6.91. The van der Waals surface area contributed by atoms with Crippen LogP contribution in [0.3, 0.4) is 0 Å². The maximum absolute atomic E-state index is 6.49. The summed E-state index contributed by atoms with van der Waals surface area (Å²) in [6, 6.07) is 45.3. The highest BCUT2D eigenvalue weighted by Gasteiger charge is 2.18. The molecule has 5 nitrogen and oxygen atoms in total. The lowest BCUT2D eigenvalue weighted by Crippen LogP contribution is -1.99. The average molecular weight is 583 g/mol. The van der Waals surface area contributed by atoms with E-state index in [0.717, 1.165) is 58.9 Å². The van der Waals surface area contributed by atoms with Gasteiger partial charge in [0.05, 0.1) is 0 Å². The van der Waals surface area contributed by atoms with Gasteiger partial charge in [-0.3, -0.25) is 0 Å². The Morgan fingerprint density at radius 2 is 1.09 bits per heavy atom. The Labute approximate surface area is 256 Å². The average Bonchev–Trinajstić information content (AvgIpc) is 3.70. The van der Waals surface area contributed by atoms with Crippen molar-refractivity contribution in [2.24, 2.45) is 0 Å². The van der Waals surface area contributed by atoms with Crippen molar-refractivity contribution in [3.63, 3.8) is 0 Å². The van der Waals surface area contributed by atoms with Gasteiger partial charge in [-0.1, -0.05) is 103 Å². The van der Waals surface area contributed by atoms with E-state index in [1.165, 1.54) is 5.39 Å². The molecular weight excluding hydrogens is 561 g/mol. The molecule has 3 heterocycles. The summed E-state index contributed by atoms with van der Waals surface area (Å²) in [6.45, 7) is 0. The molecule has 3 aromatic heterocycles. The lowest BCUT2D eigenvalue weighted by molar-refractivity contribution is 0.623. The molecule has 6 aromatic carbocycles. The van der Waals surface area contributed by atoms with Gasteiger partial charge in [-0.15, -0.1) is 11.3 Å². The van der Waals surface area contributed by atoms with Crippen LogP contribution in [0.4, 0.5) is 0 Å². The van der Waals surface area contributed by atoms with Crippen molar-refractivity contribution in [1.29, 1.82) is 0 Å². The molecule has 0 bridgehead atoms.